The molecule has 0 spiro atoms. The number of hydrogen-bond donors (Lipinski definition) is 0. The highest BCUT2D eigenvalue weighted by Crippen LogP contribution is 2.07. The van der Waals surface area contributed by atoms with Crippen LogP contribution in [0.1, 0.15) is 34.5 Å². The van der Waals surface area contributed by atoms with E-state index in [0.717, 1.165) is 0 Å². The fourth-order valence-electron chi connectivity index (χ4n) is 0.449. The van der Waals surface area contributed by atoms with Crippen molar-refractivity contribution in [3.8, 4) is 0 Å². The second-order valence-corrected chi connectivity index (χ2v) is 2.34. The zero-order valence-electron chi connectivity index (χ0n) is 16.3. The molecule has 0 N–H and O–H groups in total. The molecule has 2 nitrogen and oxygen atoms in total. The standard InChI is InChI=1S/C8H11BrN2/c1-6(2)3-7-4-10-5-8(9)11-7/h4-6H,3H2,1-2H3/i1D3,2D3,3D2,4D,5D,6D. The van der Waals surface area contributed by atoms with Crippen molar-refractivity contribution in [2.75, 3.05) is 0 Å². The van der Waals surface area contributed by atoms with Crippen LogP contribution in [0.2, 0.25) is 0 Å². The predicted octanol–water partition coefficient (Wildman–Crippen LogP) is 2.44. The first kappa shape index (κ1) is 2.08. The van der Waals surface area contributed by atoms with Crippen LogP contribution in [0.3, 0.4) is 0 Å². The van der Waals surface area contributed by atoms with Crippen LogP contribution in [0.15, 0.2) is 16.9 Å². The smallest absolute Gasteiger partial charge is 0.124 e. The van der Waals surface area contributed by atoms with Crippen molar-refractivity contribution in [1.29, 1.82) is 0 Å². The molecule has 0 radical (unpaired) electrons. The van der Waals surface area contributed by atoms with Gasteiger partial charge in [-0.1, -0.05) is 13.7 Å². The summed E-state index contributed by atoms with van der Waals surface area (Å²) in [6.45, 7) is -7.05. The summed E-state index contributed by atoms with van der Waals surface area (Å²) in [5.41, 5.74) is -0.933. The Bertz CT molecular complexity index is 565. The summed E-state index contributed by atoms with van der Waals surface area (Å²) in [5, 5.41) is 0. The van der Waals surface area contributed by atoms with Gasteiger partial charge in [-0.2, -0.15) is 0 Å². The fraction of sp³-hybridized carbons (Fsp3) is 0.500. The van der Waals surface area contributed by atoms with Crippen LogP contribution < -0.4 is 0 Å². The third-order valence-corrected chi connectivity index (χ3v) is 1.12. The lowest BCUT2D eigenvalue weighted by Crippen LogP contribution is -1.97. The molecule has 0 aliphatic rings. The minimum absolute atomic E-state index is 0.291. The van der Waals surface area contributed by atoms with E-state index in [1.54, 1.807) is 0 Å². The monoisotopic (exact) mass is 225 g/mol. The first-order valence-electron chi connectivity index (χ1n) is 8.08. The normalized spacial score (nSPS) is 29.7. The lowest BCUT2D eigenvalue weighted by atomic mass is 10.1. The zero-order valence-corrected chi connectivity index (χ0v) is 6.86. The summed E-state index contributed by atoms with van der Waals surface area (Å²) in [5.74, 6) is -3.57. The number of rotatable bonds is 2. The molecule has 0 bridgehead atoms. The van der Waals surface area contributed by atoms with Gasteiger partial charge in [0.15, 0.2) is 0 Å². The van der Waals surface area contributed by atoms with E-state index in [4.69, 9.17) is 15.1 Å². The topological polar surface area (TPSA) is 25.8 Å². The van der Waals surface area contributed by atoms with Gasteiger partial charge in [-0.05, 0) is 28.2 Å². The summed E-state index contributed by atoms with van der Waals surface area (Å²) >= 11 is 2.79. The molecule has 60 valence electrons. The SMILES string of the molecule is [2H]c1nc([2H])c(C([2H])([2H])C([2H])(C([2H])([2H])[2H])C([2H])([2H])[2H])nc1Br. The van der Waals surface area contributed by atoms with E-state index in [9.17, 15) is 0 Å². The van der Waals surface area contributed by atoms with Crippen LogP contribution in [0, 0.1) is 5.89 Å². The van der Waals surface area contributed by atoms with Crippen LogP contribution in [-0.4, -0.2) is 9.97 Å². The van der Waals surface area contributed by atoms with E-state index in [1.165, 1.54) is 0 Å². The molecule has 1 rings (SSSR count). The third kappa shape index (κ3) is 2.97. The molecule has 0 atom stereocenters. The molecule has 0 saturated heterocycles. The third-order valence-electron chi connectivity index (χ3n) is 0.763. The van der Waals surface area contributed by atoms with Gasteiger partial charge in [0.05, 0.1) is 14.6 Å². The average Bonchev–Trinajstić information content (AvgIpc) is 2.29. The Balaban J connectivity index is 3.72. The maximum atomic E-state index is 7.90. The predicted molar refractivity (Wildman–Crippen MR) is 48.3 cm³/mol. The summed E-state index contributed by atoms with van der Waals surface area (Å²) < 4.78 is 82.1. The Hall–Kier alpha value is -0.440. The van der Waals surface area contributed by atoms with Gasteiger partial charge in [-0.25, -0.2) is 4.98 Å². The van der Waals surface area contributed by atoms with E-state index in [0.29, 0.717) is 0 Å². The molecule has 11 heavy (non-hydrogen) atoms. The number of nitrogens with zero attached hydrogens (tertiary/aromatic N) is 2. The molecule has 0 amide bonds. The Kier molecular flexibility index (Phi) is 0.719. The Morgan fingerprint density at radius 1 is 1.91 bits per heavy atom. The molecule has 0 fully saturated rings. The van der Waals surface area contributed by atoms with Crippen LogP contribution in [0.4, 0.5) is 0 Å². The molecule has 1 aromatic rings. The van der Waals surface area contributed by atoms with E-state index < -0.39 is 44.0 Å². The van der Waals surface area contributed by atoms with Gasteiger partial charge in [0.25, 0.3) is 0 Å². The average molecular weight is 226 g/mol. The molecule has 0 saturated carbocycles. The van der Waals surface area contributed by atoms with Crippen molar-refractivity contribution in [2.45, 2.75) is 20.1 Å². The van der Waals surface area contributed by atoms with E-state index in [2.05, 4.69) is 25.9 Å². The quantitative estimate of drug-likeness (QED) is 0.774. The molecule has 1 heterocycles. The molecule has 0 aliphatic carbocycles. The summed E-state index contributed by atoms with van der Waals surface area (Å²) in [6, 6.07) is 0. The van der Waals surface area contributed by atoms with Crippen LogP contribution in [-0.2, 0) is 6.37 Å². The fourth-order valence-corrected chi connectivity index (χ4v) is 0.715. The van der Waals surface area contributed by atoms with Gasteiger partial charge >= 0.3 is 0 Å². The second-order valence-electron chi connectivity index (χ2n) is 1.59. The molecule has 0 aromatic carbocycles. The number of halogens is 1. The van der Waals surface area contributed by atoms with Crippen molar-refractivity contribution >= 4 is 15.9 Å². The molecule has 0 aliphatic heterocycles. The van der Waals surface area contributed by atoms with E-state index in [1.807, 2.05) is 0 Å². The molecule has 3 heteroatoms. The van der Waals surface area contributed by atoms with E-state index >= 15 is 0 Å². The highest BCUT2D eigenvalue weighted by atomic mass is 79.9. The molecular weight excluding hydrogens is 204 g/mol. The maximum Gasteiger partial charge on any atom is 0.124 e. The molecular formula is C8H11BrN2. The van der Waals surface area contributed by atoms with Gasteiger partial charge in [0, 0.05) is 18.5 Å². The first-order chi connectivity index (χ1) is 9.57. The summed E-state index contributed by atoms with van der Waals surface area (Å²) in [6.07, 6.45) is -4.74. The van der Waals surface area contributed by atoms with Crippen molar-refractivity contribution in [3.05, 3.63) is 22.6 Å². The van der Waals surface area contributed by atoms with Gasteiger partial charge in [0.2, 0.25) is 0 Å². The summed E-state index contributed by atoms with van der Waals surface area (Å²) in [7, 11) is 0. The van der Waals surface area contributed by atoms with Gasteiger partial charge in [-0.15, -0.1) is 0 Å². The molecule has 0 unspecified atom stereocenters. The van der Waals surface area contributed by atoms with Crippen molar-refractivity contribution in [1.82, 2.24) is 9.97 Å². The van der Waals surface area contributed by atoms with Gasteiger partial charge < -0.3 is 0 Å². The largest absolute Gasteiger partial charge is 0.260 e. The zero-order chi connectivity index (χ0) is 17.7. The summed E-state index contributed by atoms with van der Waals surface area (Å²) in [4.78, 5) is 6.87. The van der Waals surface area contributed by atoms with Crippen molar-refractivity contribution in [3.63, 3.8) is 0 Å². The molecule has 1 aromatic heterocycles. The van der Waals surface area contributed by atoms with Gasteiger partial charge in [0.1, 0.15) is 4.60 Å². The minimum atomic E-state index is -3.57. The Labute approximate surface area is 90.7 Å². The van der Waals surface area contributed by atoms with Crippen LogP contribution in [0.5, 0.6) is 0 Å². The highest BCUT2D eigenvalue weighted by Gasteiger charge is 1.99. The highest BCUT2D eigenvalue weighted by molar-refractivity contribution is 9.10. The van der Waals surface area contributed by atoms with Crippen LogP contribution in [0.25, 0.3) is 0 Å². The number of aromatic nitrogens is 2. The number of hydrogen-bond acceptors (Lipinski definition) is 2. The van der Waals surface area contributed by atoms with Crippen molar-refractivity contribution < 1.29 is 15.1 Å². The van der Waals surface area contributed by atoms with Gasteiger partial charge in [-0.3, -0.25) is 4.98 Å². The second kappa shape index (κ2) is 3.81. The minimum Gasteiger partial charge on any atom is -0.260 e. The van der Waals surface area contributed by atoms with Crippen LogP contribution >= 0.6 is 15.9 Å². The Morgan fingerprint density at radius 2 is 2.73 bits per heavy atom. The lowest BCUT2D eigenvalue weighted by Gasteiger charge is -2.02. The first-order valence-corrected chi connectivity index (χ1v) is 3.38. The lowest BCUT2D eigenvalue weighted by molar-refractivity contribution is 0.632. The van der Waals surface area contributed by atoms with Crippen molar-refractivity contribution in [2.24, 2.45) is 5.89 Å². The maximum absolute atomic E-state index is 7.90. The van der Waals surface area contributed by atoms with E-state index in [-0.39, 0.29) is 4.60 Å². The Morgan fingerprint density at radius 3 is 3.45 bits per heavy atom.